The van der Waals surface area contributed by atoms with Gasteiger partial charge in [-0.2, -0.15) is 5.26 Å². The Morgan fingerprint density at radius 3 is 2.30 bits per heavy atom. The molecule has 0 atom stereocenters. The summed E-state index contributed by atoms with van der Waals surface area (Å²) in [5.74, 6) is 0. The maximum absolute atomic E-state index is 9.05. The Balaban J connectivity index is 2.19. The second kappa shape index (κ2) is 5.51. The highest BCUT2D eigenvalue weighted by Crippen LogP contribution is 2.33. The summed E-state index contributed by atoms with van der Waals surface area (Å²) in [5, 5.41) is 9.60. The van der Waals surface area contributed by atoms with Crippen LogP contribution in [0.1, 0.15) is 26.3 Å². The molecule has 5 heteroatoms. The van der Waals surface area contributed by atoms with E-state index in [2.05, 4.69) is 36.6 Å². The smallest absolute Gasteiger partial charge is 0.0993 e. The van der Waals surface area contributed by atoms with Gasteiger partial charge < -0.3 is 10.6 Å². The summed E-state index contributed by atoms with van der Waals surface area (Å²) in [6.07, 6.45) is 0. The van der Waals surface area contributed by atoms with Gasteiger partial charge in [0.1, 0.15) is 0 Å². The van der Waals surface area contributed by atoms with Gasteiger partial charge in [0.2, 0.25) is 0 Å². The zero-order chi connectivity index (χ0) is 14.9. The molecular formula is C15H21ClN4. The molecule has 108 valence electrons. The molecule has 1 aromatic rings. The van der Waals surface area contributed by atoms with E-state index in [9.17, 15) is 0 Å². The largest absolute Gasteiger partial charge is 0.397 e. The highest BCUT2D eigenvalue weighted by Gasteiger charge is 2.27. The van der Waals surface area contributed by atoms with Crippen LogP contribution in [-0.2, 0) is 0 Å². The first-order valence-electron chi connectivity index (χ1n) is 6.82. The third-order valence-corrected chi connectivity index (χ3v) is 4.19. The molecule has 0 amide bonds. The lowest BCUT2D eigenvalue weighted by molar-refractivity contribution is 0.128. The molecule has 0 unspecified atom stereocenters. The Morgan fingerprint density at radius 1 is 1.20 bits per heavy atom. The molecule has 0 aromatic heterocycles. The van der Waals surface area contributed by atoms with Crippen molar-refractivity contribution in [1.29, 1.82) is 5.26 Å². The lowest BCUT2D eigenvalue weighted by Crippen LogP contribution is -2.53. The van der Waals surface area contributed by atoms with Crippen LogP contribution in [0.3, 0.4) is 0 Å². The number of hydrogen-bond acceptors (Lipinski definition) is 4. The molecule has 4 nitrogen and oxygen atoms in total. The van der Waals surface area contributed by atoms with E-state index < -0.39 is 0 Å². The highest BCUT2D eigenvalue weighted by atomic mass is 35.5. The van der Waals surface area contributed by atoms with Gasteiger partial charge in [0.25, 0.3) is 0 Å². The van der Waals surface area contributed by atoms with Crippen molar-refractivity contribution in [3.8, 4) is 6.07 Å². The third-order valence-electron chi connectivity index (χ3n) is 3.78. The highest BCUT2D eigenvalue weighted by molar-refractivity contribution is 6.35. The molecule has 20 heavy (non-hydrogen) atoms. The number of nitriles is 1. The average molecular weight is 293 g/mol. The first kappa shape index (κ1) is 15.0. The van der Waals surface area contributed by atoms with Crippen molar-refractivity contribution in [3.63, 3.8) is 0 Å². The number of nitrogen functional groups attached to an aromatic ring is 1. The number of benzene rings is 1. The summed E-state index contributed by atoms with van der Waals surface area (Å²) in [5.41, 5.74) is 7.96. The topological polar surface area (TPSA) is 56.3 Å². The van der Waals surface area contributed by atoms with Gasteiger partial charge in [0.05, 0.1) is 28.0 Å². The summed E-state index contributed by atoms with van der Waals surface area (Å²) >= 11 is 6.29. The van der Waals surface area contributed by atoms with Crippen molar-refractivity contribution in [2.75, 3.05) is 36.8 Å². The molecule has 1 saturated heterocycles. The van der Waals surface area contributed by atoms with Gasteiger partial charge in [0.15, 0.2) is 0 Å². The molecule has 1 aromatic carbocycles. The fraction of sp³-hybridized carbons (Fsp3) is 0.533. The molecular weight excluding hydrogens is 272 g/mol. The SMILES string of the molecule is CC(C)(C)N1CCN(c2cc(C#N)cc(N)c2Cl)CC1. The number of rotatable bonds is 1. The van der Waals surface area contributed by atoms with Crippen LogP contribution in [-0.4, -0.2) is 36.6 Å². The van der Waals surface area contributed by atoms with Crippen LogP contribution in [0.2, 0.25) is 5.02 Å². The van der Waals surface area contributed by atoms with E-state index in [1.165, 1.54) is 0 Å². The number of anilines is 2. The second-order valence-corrected chi connectivity index (χ2v) is 6.53. The van der Waals surface area contributed by atoms with Crippen LogP contribution in [0, 0.1) is 11.3 Å². The van der Waals surface area contributed by atoms with Gasteiger partial charge in [-0.25, -0.2) is 0 Å². The molecule has 1 fully saturated rings. The summed E-state index contributed by atoms with van der Waals surface area (Å²) in [4.78, 5) is 4.66. The summed E-state index contributed by atoms with van der Waals surface area (Å²) in [7, 11) is 0. The summed E-state index contributed by atoms with van der Waals surface area (Å²) in [6, 6.07) is 5.58. The molecule has 0 saturated carbocycles. The van der Waals surface area contributed by atoms with Crippen molar-refractivity contribution in [3.05, 3.63) is 22.7 Å². The quantitative estimate of drug-likeness (QED) is 0.809. The van der Waals surface area contributed by atoms with Crippen molar-refractivity contribution >= 4 is 23.0 Å². The van der Waals surface area contributed by atoms with Crippen molar-refractivity contribution in [2.24, 2.45) is 0 Å². The minimum atomic E-state index is 0.184. The van der Waals surface area contributed by atoms with Crippen LogP contribution in [0.5, 0.6) is 0 Å². The van der Waals surface area contributed by atoms with E-state index in [0.717, 1.165) is 31.9 Å². The minimum absolute atomic E-state index is 0.184. The lowest BCUT2D eigenvalue weighted by atomic mass is 10.0. The first-order valence-corrected chi connectivity index (χ1v) is 7.20. The summed E-state index contributed by atoms with van der Waals surface area (Å²) < 4.78 is 0. The first-order chi connectivity index (χ1) is 9.32. The molecule has 1 aliphatic heterocycles. The fourth-order valence-electron chi connectivity index (χ4n) is 2.54. The number of hydrogen-bond donors (Lipinski definition) is 1. The van der Waals surface area contributed by atoms with E-state index in [1.807, 2.05) is 6.07 Å². The number of nitrogens with zero attached hydrogens (tertiary/aromatic N) is 3. The fourth-order valence-corrected chi connectivity index (χ4v) is 2.77. The van der Waals surface area contributed by atoms with E-state index in [-0.39, 0.29) is 5.54 Å². The van der Waals surface area contributed by atoms with E-state index in [4.69, 9.17) is 22.6 Å². The predicted octanol–water partition coefficient (Wildman–Crippen LogP) is 2.71. The van der Waals surface area contributed by atoms with Gasteiger partial charge in [-0.15, -0.1) is 0 Å². The zero-order valence-electron chi connectivity index (χ0n) is 12.3. The second-order valence-electron chi connectivity index (χ2n) is 6.16. The van der Waals surface area contributed by atoms with Gasteiger partial charge in [-0.1, -0.05) is 11.6 Å². The summed E-state index contributed by atoms with van der Waals surface area (Å²) in [6.45, 7) is 10.4. The van der Waals surface area contributed by atoms with Gasteiger partial charge in [-0.05, 0) is 32.9 Å². The number of nitrogens with two attached hydrogens (primary N) is 1. The standard InChI is InChI=1S/C15H21ClN4/c1-15(2,3)20-6-4-19(5-7-20)13-9-11(10-17)8-12(18)14(13)16/h8-9H,4-7,18H2,1-3H3. The van der Waals surface area contributed by atoms with Crippen LogP contribution < -0.4 is 10.6 Å². The van der Waals surface area contributed by atoms with Crippen molar-refractivity contribution in [2.45, 2.75) is 26.3 Å². The average Bonchev–Trinajstić information content (AvgIpc) is 2.41. The third kappa shape index (κ3) is 3.00. The molecule has 0 bridgehead atoms. The molecule has 2 rings (SSSR count). The predicted molar refractivity (Wildman–Crippen MR) is 84.1 cm³/mol. The Morgan fingerprint density at radius 2 is 1.80 bits per heavy atom. The van der Waals surface area contributed by atoms with E-state index in [1.54, 1.807) is 6.07 Å². The van der Waals surface area contributed by atoms with E-state index >= 15 is 0 Å². The van der Waals surface area contributed by atoms with Crippen LogP contribution >= 0.6 is 11.6 Å². The molecule has 0 spiro atoms. The lowest BCUT2D eigenvalue weighted by Gasteiger charge is -2.43. The molecule has 2 N–H and O–H groups in total. The van der Waals surface area contributed by atoms with Gasteiger partial charge in [0, 0.05) is 31.7 Å². The Bertz CT molecular complexity index is 534. The zero-order valence-corrected chi connectivity index (χ0v) is 13.0. The van der Waals surface area contributed by atoms with Gasteiger partial charge >= 0.3 is 0 Å². The molecule has 0 radical (unpaired) electrons. The maximum Gasteiger partial charge on any atom is 0.0993 e. The molecule has 1 heterocycles. The van der Waals surface area contributed by atoms with Gasteiger partial charge in [-0.3, -0.25) is 4.90 Å². The minimum Gasteiger partial charge on any atom is -0.397 e. The number of piperazine rings is 1. The maximum atomic E-state index is 9.05. The van der Waals surface area contributed by atoms with Crippen LogP contribution in [0.4, 0.5) is 11.4 Å². The number of halogens is 1. The van der Waals surface area contributed by atoms with Crippen molar-refractivity contribution in [1.82, 2.24) is 4.90 Å². The Hall–Kier alpha value is -1.44. The monoisotopic (exact) mass is 292 g/mol. The molecule has 1 aliphatic rings. The normalized spacial score (nSPS) is 17.1. The molecule has 0 aliphatic carbocycles. The van der Waals surface area contributed by atoms with E-state index in [0.29, 0.717) is 16.3 Å². The van der Waals surface area contributed by atoms with Crippen LogP contribution in [0.25, 0.3) is 0 Å². The Kier molecular flexibility index (Phi) is 4.12. The van der Waals surface area contributed by atoms with Crippen molar-refractivity contribution < 1.29 is 0 Å². The van der Waals surface area contributed by atoms with Crippen LogP contribution in [0.15, 0.2) is 12.1 Å². The Labute approximate surface area is 125 Å².